The second kappa shape index (κ2) is 5.68. The molecule has 16 heavy (non-hydrogen) atoms. The number of halogens is 2. The average molecular weight is 306 g/mol. The highest BCUT2D eigenvalue weighted by Gasteiger charge is 2.08. The third-order valence-corrected chi connectivity index (χ3v) is 2.94. The van der Waals surface area contributed by atoms with Gasteiger partial charge in [0, 0.05) is 27.6 Å². The maximum absolute atomic E-state index is 8.92. The number of H-pyrrole nitrogens is 1. The molecular weight excluding hydrogens is 291 g/mol. The van der Waals surface area contributed by atoms with Gasteiger partial charge < -0.3 is 15.8 Å². The van der Waals surface area contributed by atoms with Crippen LogP contribution < -0.4 is 5.73 Å². The minimum Gasteiger partial charge on any atom is -0.395 e. The molecule has 1 heterocycles. The van der Waals surface area contributed by atoms with Gasteiger partial charge in [0.1, 0.15) is 0 Å². The third-order valence-electron chi connectivity index (χ3n) is 2.45. The summed E-state index contributed by atoms with van der Waals surface area (Å²) in [6.45, 7) is 0.0146. The van der Waals surface area contributed by atoms with Crippen LogP contribution in [-0.4, -0.2) is 22.7 Å². The summed E-state index contributed by atoms with van der Waals surface area (Å²) in [5.41, 5.74) is 7.96. The summed E-state index contributed by atoms with van der Waals surface area (Å²) in [6.07, 6.45) is 2.64. The molecule has 2 rings (SSSR count). The number of aromatic nitrogens is 1. The van der Waals surface area contributed by atoms with Gasteiger partial charge in [0.05, 0.1) is 6.61 Å². The first-order valence-corrected chi connectivity index (χ1v) is 5.62. The van der Waals surface area contributed by atoms with Crippen LogP contribution in [0.5, 0.6) is 0 Å². The second-order valence-electron chi connectivity index (χ2n) is 3.65. The van der Waals surface area contributed by atoms with Crippen molar-refractivity contribution in [2.45, 2.75) is 12.5 Å². The van der Waals surface area contributed by atoms with E-state index >= 15 is 0 Å². The monoisotopic (exact) mass is 304 g/mol. The molecule has 0 aliphatic carbocycles. The van der Waals surface area contributed by atoms with E-state index in [0.29, 0.717) is 6.42 Å². The largest absolute Gasteiger partial charge is 0.395 e. The lowest BCUT2D eigenvalue weighted by molar-refractivity contribution is 0.265. The number of benzene rings is 1. The Morgan fingerprint density at radius 1 is 1.44 bits per heavy atom. The number of nitrogens with two attached hydrogens (primary N) is 1. The normalized spacial score (nSPS) is 12.4. The van der Waals surface area contributed by atoms with Crippen molar-refractivity contribution < 1.29 is 5.11 Å². The number of hydrogen-bond acceptors (Lipinski definition) is 2. The van der Waals surface area contributed by atoms with E-state index in [1.54, 1.807) is 0 Å². The summed E-state index contributed by atoms with van der Waals surface area (Å²) in [6, 6.07) is 5.88. The van der Waals surface area contributed by atoms with Crippen LogP contribution in [0.25, 0.3) is 10.9 Å². The van der Waals surface area contributed by atoms with Crippen molar-refractivity contribution in [3.63, 3.8) is 0 Å². The first-order chi connectivity index (χ1) is 7.20. The highest BCUT2D eigenvalue weighted by atomic mass is 79.9. The van der Waals surface area contributed by atoms with Gasteiger partial charge in [0.2, 0.25) is 0 Å². The van der Waals surface area contributed by atoms with Crippen molar-refractivity contribution in [1.29, 1.82) is 0 Å². The predicted octanol–water partition coefficient (Wildman–Crippen LogP) is 2.21. The molecule has 5 heteroatoms. The quantitative estimate of drug-likeness (QED) is 0.814. The van der Waals surface area contributed by atoms with E-state index in [0.717, 1.165) is 20.9 Å². The van der Waals surface area contributed by atoms with Crippen molar-refractivity contribution in [2.24, 2.45) is 5.73 Å². The van der Waals surface area contributed by atoms with Crippen LogP contribution in [0.4, 0.5) is 0 Å². The van der Waals surface area contributed by atoms with Gasteiger partial charge in [-0.25, -0.2) is 0 Å². The van der Waals surface area contributed by atoms with Crippen molar-refractivity contribution in [3.05, 3.63) is 34.4 Å². The molecule has 1 aromatic heterocycles. The fourth-order valence-electron chi connectivity index (χ4n) is 1.67. The van der Waals surface area contributed by atoms with Gasteiger partial charge in [0.15, 0.2) is 0 Å². The molecule has 3 nitrogen and oxygen atoms in total. The molecule has 0 saturated carbocycles. The number of aromatic amines is 1. The topological polar surface area (TPSA) is 62.0 Å². The lowest BCUT2D eigenvalue weighted by Gasteiger charge is -2.06. The van der Waals surface area contributed by atoms with Gasteiger partial charge in [-0.2, -0.15) is 0 Å². The second-order valence-corrected chi connectivity index (χ2v) is 4.57. The molecule has 0 saturated heterocycles. The molecular formula is C11H14BrClN2O. The highest BCUT2D eigenvalue weighted by molar-refractivity contribution is 9.10. The van der Waals surface area contributed by atoms with E-state index in [9.17, 15) is 0 Å². The van der Waals surface area contributed by atoms with Gasteiger partial charge in [-0.15, -0.1) is 12.4 Å². The SMILES string of the molecule is Cl.NC(CO)Cc1c[nH]c2ccc(Br)cc12. The van der Waals surface area contributed by atoms with Crippen LogP contribution in [0.3, 0.4) is 0 Å². The molecule has 0 bridgehead atoms. The van der Waals surface area contributed by atoms with Gasteiger partial charge in [-0.1, -0.05) is 15.9 Å². The Morgan fingerprint density at radius 2 is 2.19 bits per heavy atom. The lowest BCUT2D eigenvalue weighted by atomic mass is 10.1. The van der Waals surface area contributed by atoms with E-state index in [-0.39, 0.29) is 25.1 Å². The summed E-state index contributed by atoms with van der Waals surface area (Å²) in [4.78, 5) is 3.19. The zero-order chi connectivity index (χ0) is 10.8. The third kappa shape index (κ3) is 2.77. The predicted molar refractivity (Wildman–Crippen MR) is 72.0 cm³/mol. The number of aliphatic hydroxyl groups excluding tert-OH is 1. The number of aliphatic hydroxyl groups is 1. The van der Waals surface area contributed by atoms with Crippen molar-refractivity contribution in [1.82, 2.24) is 4.98 Å². The summed E-state index contributed by atoms with van der Waals surface area (Å²) in [5, 5.41) is 10.1. The zero-order valence-electron chi connectivity index (χ0n) is 8.61. The maximum Gasteiger partial charge on any atom is 0.0585 e. The summed E-state index contributed by atoms with van der Waals surface area (Å²) in [5.74, 6) is 0. The fourth-order valence-corrected chi connectivity index (χ4v) is 2.03. The van der Waals surface area contributed by atoms with Crippen molar-refractivity contribution in [3.8, 4) is 0 Å². The maximum atomic E-state index is 8.92. The molecule has 0 amide bonds. The number of fused-ring (bicyclic) bond motifs is 1. The smallest absolute Gasteiger partial charge is 0.0585 e. The van der Waals surface area contributed by atoms with Crippen molar-refractivity contribution in [2.75, 3.05) is 6.61 Å². The Labute approximate surface area is 109 Å². The summed E-state index contributed by atoms with van der Waals surface area (Å²) < 4.78 is 1.05. The highest BCUT2D eigenvalue weighted by Crippen LogP contribution is 2.23. The molecule has 0 aliphatic heterocycles. The van der Waals surface area contributed by atoms with Gasteiger partial charge in [0.25, 0.3) is 0 Å². The average Bonchev–Trinajstić information content (AvgIpc) is 2.61. The van der Waals surface area contributed by atoms with E-state index in [4.69, 9.17) is 10.8 Å². The van der Waals surface area contributed by atoms with Gasteiger partial charge in [-0.05, 0) is 30.2 Å². The first kappa shape index (κ1) is 13.5. The standard InChI is InChI=1S/C11H13BrN2O.ClH/c12-8-1-2-11-10(4-8)7(5-14-11)3-9(13)6-15;/h1-2,4-5,9,14-15H,3,6,13H2;1H. The Kier molecular flexibility index (Phi) is 4.80. The molecule has 0 radical (unpaired) electrons. The van der Waals surface area contributed by atoms with E-state index in [1.807, 2.05) is 18.3 Å². The number of nitrogens with one attached hydrogen (secondary N) is 1. The van der Waals surface area contributed by atoms with E-state index in [1.165, 1.54) is 0 Å². The van der Waals surface area contributed by atoms with Crippen LogP contribution in [-0.2, 0) is 6.42 Å². The minimum atomic E-state index is -0.192. The molecule has 0 spiro atoms. The van der Waals surface area contributed by atoms with Crippen LogP contribution in [0.2, 0.25) is 0 Å². The van der Waals surface area contributed by atoms with Gasteiger partial charge in [-0.3, -0.25) is 0 Å². The summed E-state index contributed by atoms with van der Waals surface area (Å²) >= 11 is 3.44. The Balaban J connectivity index is 0.00000128. The zero-order valence-corrected chi connectivity index (χ0v) is 11.0. The fraction of sp³-hybridized carbons (Fsp3) is 0.273. The lowest BCUT2D eigenvalue weighted by Crippen LogP contribution is -2.26. The molecule has 0 aliphatic rings. The molecule has 88 valence electrons. The molecule has 2 aromatic rings. The van der Waals surface area contributed by atoms with Crippen LogP contribution in [0.15, 0.2) is 28.9 Å². The molecule has 4 N–H and O–H groups in total. The number of rotatable bonds is 3. The first-order valence-electron chi connectivity index (χ1n) is 4.82. The Morgan fingerprint density at radius 3 is 2.88 bits per heavy atom. The minimum absolute atomic E-state index is 0. The summed E-state index contributed by atoms with van der Waals surface area (Å²) in [7, 11) is 0. The molecule has 0 fully saturated rings. The number of hydrogen-bond donors (Lipinski definition) is 3. The van der Waals surface area contributed by atoms with Crippen LogP contribution in [0, 0.1) is 0 Å². The molecule has 1 aromatic carbocycles. The van der Waals surface area contributed by atoms with Crippen molar-refractivity contribution >= 4 is 39.2 Å². The van der Waals surface area contributed by atoms with Crippen LogP contribution >= 0.6 is 28.3 Å². The Bertz CT molecular complexity index is 472. The van der Waals surface area contributed by atoms with E-state index < -0.39 is 0 Å². The molecule has 1 unspecified atom stereocenters. The van der Waals surface area contributed by atoms with Crippen LogP contribution in [0.1, 0.15) is 5.56 Å². The van der Waals surface area contributed by atoms with E-state index in [2.05, 4.69) is 27.0 Å². The molecule has 1 atom stereocenters. The Hall–Kier alpha value is -0.550. The van der Waals surface area contributed by atoms with Gasteiger partial charge >= 0.3 is 0 Å².